The molecule has 0 spiro atoms. The zero-order valence-electron chi connectivity index (χ0n) is 14.2. The smallest absolute Gasteiger partial charge is 0.191 e. The molecular formula is C17H29N3O. The van der Waals surface area contributed by atoms with Crippen LogP contribution in [-0.2, 0) is 6.54 Å². The fourth-order valence-corrected chi connectivity index (χ4v) is 1.76. The molecule has 0 aliphatic rings. The van der Waals surface area contributed by atoms with E-state index in [2.05, 4.69) is 56.3 Å². The summed E-state index contributed by atoms with van der Waals surface area (Å²) in [6.07, 6.45) is 0. The lowest BCUT2D eigenvalue weighted by molar-refractivity contribution is 0.268. The highest BCUT2D eigenvalue weighted by Gasteiger charge is 2.12. The van der Waals surface area contributed by atoms with Gasteiger partial charge in [-0.2, -0.15) is 0 Å². The molecule has 0 fully saturated rings. The monoisotopic (exact) mass is 291 g/mol. The van der Waals surface area contributed by atoms with Gasteiger partial charge in [0.25, 0.3) is 0 Å². The molecule has 4 heteroatoms. The minimum atomic E-state index is -0.0183. The summed E-state index contributed by atoms with van der Waals surface area (Å²) >= 11 is 0. The summed E-state index contributed by atoms with van der Waals surface area (Å²) in [7, 11) is 1.78. The molecule has 0 bridgehead atoms. The van der Waals surface area contributed by atoms with Crippen LogP contribution >= 0.6 is 0 Å². The Bertz CT molecular complexity index is 461. The van der Waals surface area contributed by atoms with Crippen molar-refractivity contribution in [1.82, 2.24) is 10.6 Å². The molecule has 0 heterocycles. The average Bonchev–Trinajstić information content (AvgIpc) is 2.40. The molecule has 1 aromatic rings. The van der Waals surface area contributed by atoms with E-state index in [1.54, 1.807) is 7.05 Å². The van der Waals surface area contributed by atoms with Crippen molar-refractivity contribution in [1.29, 1.82) is 0 Å². The molecule has 1 aromatic carbocycles. The van der Waals surface area contributed by atoms with Crippen molar-refractivity contribution in [2.45, 2.75) is 46.7 Å². The molecule has 0 aliphatic carbocycles. The van der Waals surface area contributed by atoms with Gasteiger partial charge in [-0.3, -0.25) is 4.99 Å². The first-order valence-electron chi connectivity index (χ1n) is 7.51. The first kappa shape index (κ1) is 17.3. The van der Waals surface area contributed by atoms with E-state index < -0.39 is 0 Å². The first-order chi connectivity index (χ1) is 9.81. The van der Waals surface area contributed by atoms with Crippen LogP contribution in [-0.4, -0.2) is 25.2 Å². The molecule has 118 valence electrons. The number of benzene rings is 1. The minimum absolute atomic E-state index is 0.0183. The largest absolute Gasteiger partial charge is 0.493 e. The van der Waals surface area contributed by atoms with Crippen molar-refractivity contribution in [2.75, 3.05) is 13.7 Å². The Balaban J connectivity index is 2.66. The quantitative estimate of drug-likeness (QED) is 0.647. The summed E-state index contributed by atoms with van der Waals surface area (Å²) < 4.78 is 5.87. The molecule has 0 aliphatic heterocycles. The Hall–Kier alpha value is -1.71. The summed E-state index contributed by atoms with van der Waals surface area (Å²) in [4.78, 5) is 4.25. The number of ether oxygens (including phenoxy) is 1. The van der Waals surface area contributed by atoms with Gasteiger partial charge in [-0.1, -0.05) is 32.0 Å². The molecule has 0 unspecified atom stereocenters. The number of nitrogens with zero attached hydrogens (tertiary/aromatic N) is 1. The highest BCUT2D eigenvalue weighted by atomic mass is 16.5. The van der Waals surface area contributed by atoms with Gasteiger partial charge in [-0.05, 0) is 32.8 Å². The third-order valence-corrected chi connectivity index (χ3v) is 2.71. The number of rotatable bonds is 5. The second-order valence-corrected chi connectivity index (χ2v) is 6.61. The summed E-state index contributed by atoms with van der Waals surface area (Å²) in [5.74, 6) is 2.24. The number of nitrogens with one attached hydrogen (secondary N) is 2. The number of para-hydroxylation sites is 1. The first-order valence-corrected chi connectivity index (χ1v) is 7.51. The van der Waals surface area contributed by atoms with E-state index in [1.807, 2.05) is 18.2 Å². The second kappa shape index (κ2) is 7.91. The Morgan fingerprint density at radius 1 is 1.24 bits per heavy atom. The van der Waals surface area contributed by atoms with Gasteiger partial charge in [-0.25, -0.2) is 0 Å². The van der Waals surface area contributed by atoms with Gasteiger partial charge >= 0.3 is 0 Å². The zero-order chi connectivity index (χ0) is 15.9. The van der Waals surface area contributed by atoms with Crippen LogP contribution in [0, 0.1) is 5.92 Å². The third-order valence-electron chi connectivity index (χ3n) is 2.71. The van der Waals surface area contributed by atoms with Crippen molar-refractivity contribution in [3.8, 4) is 5.75 Å². The van der Waals surface area contributed by atoms with E-state index >= 15 is 0 Å². The number of hydrogen-bond acceptors (Lipinski definition) is 2. The van der Waals surface area contributed by atoms with Crippen molar-refractivity contribution in [2.24, 2.45) is 10.9 Å². The van der Waals surface area contributed by atoms with Crippen LogP contribution < -0.4 is 15.4 Å². The molecule has 4 nitrogen and oxygen atoms in total. The predicted octanol–water partition coefficient (Wildman–Crippen LogP) is 3.18. The van der Waals surface area contributed by atoms with Crippen LogP contribution in [0.15, 0.2) is 29.3 Å². The number of guanidine groups is 1. The summed E-state index contributed by atoms with van der Waals surface area (Å²) in [5.41, 5.74) is 1.12. The molecule has 0 atom stereocenters. The summed E-state index contributed by atoms with van der Waals surface area (Å²) in [5, 5.41) is 6.67. The molecule has 0 aromatic heterocycles. The van der Waals surface area contributed by atoms with Crippen LogP contribution in [0.1, 0.15) is 40.2 Å². The Morgan fingerprint density at radius 3 is 2.48 bits per heavy atom. The fourth-order valence-electron chi connectivity index (χ4n) is 1.76. The lowest BCUT2D eigenvalue weighted by Gasteiger charge is -2.24. The molecule has 21 heavy (non-hydrogen) atoms. The Labute approximate surface area is 129 Å². The fraction of sp³-hybridized carbons (Fsp3) is 0.588. The standard InChI is InChI=1S/C17H29N3O/c1-13(2)12-21-15-10-8-7-9-14(15)11-19-16(18-6)20-17(3,4)5/h7-10,13H,11-12H2,1-6H3,(H2,18,19,20). The van der Waals surface area contributed by atoms with E-state index in [0.29, 0.717) is 12.5 Å². The maximum absolute atomic E-state index is 5.87. The summed E-state index contributed by atoms with van der Waals surface area (Å²) in [6, 6.07) is 8.12. The van der Waals surface area contributed by atoms with Gasteiger partial charge in [-0.15, -0.1) is 0 Å². The number of hydrogen-bond donors (Lipinski definition) is 2. The Morgan fingerprint density at radius 2 is 1.90 bits per heavy atom. The van der Waals surface area contributed by atoms with E-state index in [9.17, 15) is 0 Å². The highest BCUT2D eigenvalue weighted by Crippen LogP contribution is 2.18. The normalized spacial score (nSPS) is 12.4. The average molecular weight is 291 g/mol. The van der Waals surface area contributed by atoms with Crippen molar-refractivity contribution >= 4 is 5.96 Å². The van der Waals surface area contributed by atoms with Gasteiger partial charge in [0.15, 0.2) is 5.96 Å². The van der Waals surface area contributed by atoms with Gasteiger partial charge in [0.1, 0.15) is 5.75 Å². The molecule has 0 amide bonds. The topological polar surface area (TPSA) is 45.7 Å². The number of aliphatic imine (C=N–C) groups is 1. The van der Waals surface area contributed by atoms with Crippen molar-refractivity contribution in [3.63, 3.8) is 0 Å². The van der Waals surface area contributed by atoms with E-state index in [-0.39, 0.29) is 5.54 Å². The third kappa shape index (κ3) is 7.02. The van der Waals surface area contributed by atoms with Gasteiger partial charge < -0.3 is 15.4 Å². The molecule has 0 saturated heterocycles. The molecule has 1 rings (SSSR count). The molecular weight excluding hydrogens is 262 g/mol. The zero-order valence-corrected chi connectivity index (χ0v) is 14.2. The van der Waals surface area contributed by atoms with Crippen LogP contribution in [0.5, 0.6) is 5.75 Å². The highest BCUT2D eigenvalue weighted by molar-refractivity contribution is 5.80. The van der Waals surface area contributed by atoms with Crippen LogP contribution in [0.25, 0.3) is 0 Å². The van der Waals surface area contributed by atoms with Crippen LogP contribution in [0.2, 0.25) is 0 Å². The summed E-state index contributed by atoms with van der Waals surface area (Å²) in [6.45, 7) is 12.0. The molecule has 0 radical (unpaired) electrons. The van der Waals surface area contributed by atoms with E-state index in [0.717, 1.165) is 23.9 Å². The Kier molecular flexibility index (Phi) is 6.53. The molecule has 0 saturated carbocycles. The van der Waals surface area contributed by atoms with Crippen LogP contribution in [0.4, 0.5) is 0 Å². The van der Waals surface area contributed by atoms with Gasteiger partial charge in [0.2, 0.25) is 0 Å². The SMILES string of the molecule is CN=C(NCc1ccccc1OCC(C)C)NC(C)(C)C. The van der Waals surface area contributed by atoms with E-state index in [4.69, 9.17) is 4.74 Å². The van der Waals surface area contributed by atoms with Gasteiger partial charge in [0, 0.05) is 24.7 Å². The van der Waals surface area contributed by atoms with Gasteiger partial charge in [0.05, 0.1) is 6.61 Å². The van der Waals surface area contributed by atoms with Crippen molar-refractivity contribution in [3.05, 3.63) is 29.8 Å². The predicted molar refractivity (Wildman–Crippen MR) is 89.9 cm³/mol. The maximum atomic E-state index is 5.87. The van der Waals surface area contributed by atoms with Crippen LogP contribution in [0.3, 0.4) is 0 Å². The maximum Gasteiger partial charge on any atom is 0.191 e. The lowest BCUT2D eigenvalue weighted by atomic mass is 10.1. The minimum Gasteiger partial charge on any atom is -0.493 e. The lowest BCUT2D eigenvalue weighted by Crippen LogP contribution is -2.47. The molecule has 2 N–H and O–H groups in total. The second-order valence-electron chi connectivity index (χ2n) is 6.61. The van der Waals surface area contributed by atoms with Crippen molar-refractivity contribution < 1.29 is 4.74 Å². The van der Waals surface area contributed by atoms with E-state index in [1.165, 1.54) is 0 Å².